The third-order valence-corrected chi connectivity index (χ3v) is 6.86. The summed E-state index contributed by atoms with van der Waals surface area (Å²) < 4.78 is 40.7. The predicted molar refractivity (Wildman–Crippen MR) is 124 cm³/mol. The summed E-state index contributed by atoms with van der Waals surface area (Å²) in [6.07, 6.45) is -0.987. The Labute approximate surface area is 201 Å². The summed E-state index contributed by atoms with van der Waals surface area (Å²) in [6, 6.07) is 3.84. The van der Waals surface area contributed by atoms with E-state index < -0.39 is 11.7 Å². The van der Waals surface area contributed by atoms with E-state index in [0.717, 1.165) is 50.9 Å². The summed E-state index contributed by atoms with van der Waals surface area (Å²) in [5.74, 6) is -0.00642. The number of carbonyl (C=O) groups is 2. The standard InChI is InChI=1S/C23H31F3N6O3/c1-31-19-7-4-15(23(24,25)26)10-18(19)21(30-31)28-11-20(34)29-16-12-32(13-16)17-5-2-14(3-6-17)22(35)27-8-9-33/h4,7,10,14,16-17,33H,2-3,5-6,8-9,11-13H2,1H3,(H,27,35)(H,28,30)(H,29,34)/t14-,17+. The van der Waals surface area contributed by atoms with Gasteiger partial charge in [0, 0.05) is 44.0 Å². The van der Waals surface area contributed by atoms with E-state index in [1.165, 1.54) is 10.7 Å². The van der Waals surface area contributed by atoms with Gasteiger partial charge in [0.25, 0.3) is 0 Å². The molecular formula is C23H31F3N6O3. The van der Waals surface area contributed by atoms with E-state index in [2.05, 4.69) is 25.9 Å². The fourth-order valence-corrected chi connectivity index (χ4v) is 4.94. The Balaban J connectivity index is 1.21. The van der Waals surface area contributed by atoms with Crippen molar-refractivity contribution < 1.29 is 27.9 Å². The maximum atomic E-state index is 13.1. The number of hydrogen-bond donors (Lipinski definition) is 4. The van der Waals surface area contributed by atoms with Crippen molar-refractivity contribution >= 4 is 28.5 Å². The van der Waals surface area contributed by atoms with Crippen molar-refractivity contribution in [1.82, 2.24) is 25.3 Å². The van der Waals surface area contributed by atoms with E-state index >= 15 is 0 Å². The van der Waals surface area contributed by atoms with E-state index in [1.54, 1.807) is 7.05 Å². The van der Waals surface area contributed by atoms with Gasteiger partial charge in [-0.15, -0.1) is 0 Å². The molecule has 2 aliphatic rings. The minimum absolute atomic E-state index is 0.00413. The number of alkyl halides is 3. The van der Waals surface area contributed by atoms with Crippen molar-refractivity contribution in [2.45, 2.75) is 43.9 Å². The van der Waals surface area contributed by atoms with Gasteiger partial charge in [0.1, 0.15) is 0 Å². The number of anilines is 1. The summed E-state index contributed by atoms with van der Waals surface area (Å²) in [7, 11) is 1.64. The van der Waals surface area contributed by atoms with Crippen molar-refractivity contribution in [3.63, 3.8) is 0 Å². The molecule has 12 heteroatoms. The highest BCUT2D eigenvalue weighted by Gasteiger charge is 2.36. The van der Waals surface area contributed by atoms with E-state index in [4.69, 9.17) is 5.11 Å². The van der Waals surface area contributed by atoms with Crippen LogP contribution in [0.15, 0.2) is 18.2 Å². The van der Waals surface area contributed by atoms with Crippen LogP contribution in [0.4, 0.5) is 19.0 Å². The van der Waals surface area contributed by atoms with Gasteiger partial charge in [-0.3, -0.25) is 19.2 Å². The third-order valence-electron chi connectivity index (χ3n) is 6.86. The SMILES string of the molecule is Cn1nc(NCC(=O)NC2CN([C@H]3CC[C@@H](C(=O)NCCO)CC3)C2)c2cc(C(F)(F)F)ccc21. The predicted octanol–water partition coefficient (Wildman–Crippen LogP) is 1.47. The zero-order valence-corrected chi connectivity index (χ0v) is 19.6. The fourth-order valence-electron chi connectivity index (χ4n) is 4.94. The number of likely N-dealkylation sites (tertiary alicyclic amines) is 1. The second-order valence-electron chi connectivity index (χ2n) is 9.29. The van der Waals surface area contributed by atoms with Crippen LogP contribution in [0.1, 0.15) is 31.2 Å². The first-order valence-electron chi connectivity index (χ1n) is 11.9. The van der Waals surface area contributed by atoms with Gasteiger partial charge in [-0.2, -0.15) is 18.3 Å². The number of amides is 2. The molecule has 9 nitrogen and oxygen atoms in total. The number of aryl methyl sites for hydroxylation is 1. The van der Waals surface area contributed by atoms with Crippen LogP contribution in [0.25, 0.3) is 10.9 Å². The van der Waals surface area contributed by atoms with Gasteiger partial charge >= 0.3 is 6.18 Å². The molecule has 2 heterocycles. The Hall–Kier alpha value is -2.86. The first-order chi connectivity index (χ1) is 16.7. The molecule has 1 saturated heterocycles. The number of hydrogen-bond acceptors (Lipinski definition) is 6. The van der Waals surface area contributed by atoms with Crippen LogP contribution in [0.5, 0.6) is 0 Å². The molecule has 1 aromatic heterocycles. The Morgan fingerprint density at radius 3 is 2.54 bits per heavy atom. The Bertz CT molecular complexity index is 1060. The summed E-state index contributed by atoms with van der Waals surface area (Å²) in [4.78, 5) is 26.8. The number of halogens is 3. The molecule has 0 bridgehead atoms. The molecule has 1 saturated carbocycles. The van der Waals surface area contributed by atoms with Crippen molar-refractivity contribution in [2.24, 2.45) is 13.0 Å². The van der Waals surface area contributed by atoms with Gasteiger partial charge < -0.3 is 21.1 Å². The van der Waals surface area contributed by atoms with Gasteiger partial charge in [0.05, 0.1) is 30.3 Å². The largest absolute Gasteiger partial charge is 0.416 e. The highest BCUT2D eigenvalue weighted by molar-refractivity contribution is 5.92. The number of benzene rings is 1. The Kier molecular flexibility index (Phi) is 7.50. The summed E-state index contributed by atoms with van der Waals surface area (Å²) in [6.45, 7) is 1.60. The van der Waals surface area contributed by atoms with Gasteiger partial charge in [-0.1, -0.05) is 0 Å². The molecule has 1 aromatic carbocycles. The number of aliphatic hydroxyl groups excluding tert-OH is 1. The lowest BCUT2D eigenvalue weighted by Gasteiger charge is -2.46. The molecule has 2 fully saturated rings. The molecule has 2 aromatic rings. The lowest BCUT2D eigenvalue weighted by atomic mass is 9.83. The normalized spacial score (nSPS) is 21.5. The topological polar surface area (TPSA) is 112 Å². The van der Waals surface area contributed by atoms with Crippen LogP contribution in [0, 0.1) is 5.92 Å². The fraction of sp³-hybridized carbons (Fsp3) is 0.609. The van der Waals surface area contributed by atoms with Crippen LogP contribution < -0.4 is 16.0 Å². The number of nitrogens with zero attached hydrogens (tertiary/aromatic N) is 3. The quantitative estimate of drug-likeness (QED) is 0.441. The van der Waals surface area contributed by atoms with E-state index in [1.807, 2.05) is 0 Å². The molecule has 4 N–H and O–H groups in total. The van der Waals surface area contributed by atoms with Crippen molar-refractivity contribution in [3.8, 4) is 0 Å². The second-order valence-corrected chi connectivity index (χ2v) is 9.29. The molecule has 0 unspecified atom stereocenters. The Morgan fingerprint density at radius 1 is 1.17 bits per heavy atom. The first-order valence-corrected chi connectivity index (χ1v) is 11.9. The zero-order valence-electron chi connectivity index (χ0n) is 19.6. The highest BCUT2D eigenvalue weighted by Crippen LogP contribution is 2.33. The molecule has 1 aliphatic carbocycles. The smallest absolute Gasteiger partial charge is 0.395 e. The number of nitrogens with one attached hydrogen (secondary N) is 3. The summed E-state index contributed by atoms with van der Waals surface area (Å²) >= 11 is 0. The van der Waals surface area contributed by atoms with Crippen molar-refractivity contribution in [1.29, 1.82) is 0 Å². The molecule has 2 amide bonds. The van der Waals surface area contributed by atoms with Crippen molar-refractivity contribution in [2.75, 3.05) is 38.1 Å². The Morgan fingerprint density at radius 2 is 1.89 bits per heavy atom. The molecule has 1 aliphatic heterocycles. The number of aliphatic hydroxyl groups is 1. The van der Waals surface area contributed by atoms with Gasteiger partial charge in [0.2, 0.25) is 11.8 Å². The number of rotatable bonds is 8. The number of aromatic nitrogens is 2. The minimum Gasteiger partial charge on any atom is -0.395 e. The lowest BCUT2D eigenvalue weighted by molar-refractivity contribution is -0.137. The van der Waals surface area contributed by atoms with Crippen LogP contribution in [0.3, 0.4) is 0 Å². The molecule has 0 spiro atoms. The number of carbonyl (C=O) groups excluding carboxylic acids is 2. The molecule has 0 atom stereocenters. The van der Waals surface area contributed by atoms with Crippen LogP contribution in [-0.4, -0.2) is 76.5 Å². The van der Waals surface area contributed by atoms with E-state index in [-0.39, 0.29) is 49.3 Å². The summed E-state index contributed by atoms with van der Waals surface area (Å²) in [5, 5.41) is 21.9. The average Bonchev–Trinajstić information content (AvgIpc) is 3.12. The third kappa shape index (κ3) is 5.87. The lowest BCUT2D eigenvalue weighted by Crippen LogP contribution is -2.63. The van der Waals surface area contributed by atoms with Crippen LogP contribution in [-0.2, 0) is 22.8 Å². The molecule has 192 valence electrons. The molecule has 35 heavy (non-hydrogen) atoms. The molecule has 0 radical (unpaired) electrons. The summed E-state index contributed by atoms with van der Waals surface area (Å²) in [5.41, 5.74) is -0.226. The van der Waals surface area contributed by atoms with E-state index in [0.29, 0.717) is 16.9 Å². The molecule has 4 rings (SSSR count). The van der Waals surface area contributed by atoms with E-state index in [9.17, 15) is 22.8 Å². The second kappa shape index (κ2) is 10.4. The monoisotopic (exact) mass is 496 g/mol. The first kappa shape index (κ1) is 25.2. The minimum atomic E-state index is -4.46. The highest BCUT2D eigenvalue weighted by atomic mass is 19.4. The van der Waals surface area contributed by atoms with Crippen LogP contribution in [0.2, 0.25) is 0 Å². The van der Waals surface area contributed by atoms with Crippen LogP contribution >= 0.6 is 0 Å². The van der Waals surface area contributed by atoms with Gasteiger partial charge in [-0.05, 0) is 43.9 Å². The van der Waals surface area contributed by atoms with Gasteiger partial charge in [0.15, 0.2) is 5.82 Å². The maximum absolute atomic E-state index is 13.1. The zero-order chi connectivity index (χ0) is 25.2. The maximum Gasteiger partial charge on any atom is 0.416 e. The molecular weight excluding hydrogens is 465 g/mol. The van der Waals surface area contributed by atoms with Gasteiger partial charge in [-0.25, -0.2) is 0 Å². The van der Waals surface area contributed by atoms with Crippen molar-refractivity contribution in [3.05, 3.63) is 23.8 Å². The average molecular weight is 497 g/mol. The number of fused-ring (bicyclic) bond motifs is 1.